The van der Waals surface area contributed by atoms with Crippen LogP contribution in [0.3, 0.4) is 0 Å². The van der Waals surface area contributed by atoms with Crippen LogP contribution in [0.25, 0.3) is 0 Å². The first-order chi connectivity index (χ1) is 21.9. The maximum absolute atomic E-state index is 12.8. The lowest BCUT2D eigenvalue weighted by Gasteiger charge is -2.29. The number of rotatable bonds is 17. The van der Waals surface area contributed by atoms with Gasteiger partial charge in [-0.1, -0.05) is 109 Å². The van der Waals surface area contributed by atoms with Gasteiger partial charge in [0.1, 0.15) is 11.5 Å². The van der Waals surface area contributed by atoms with Crippen molar-refractivity contribution in [2.24, 2.45) is 17.8 Å². The van der Waals surface area contributed by atoms with Gasteiger partial charge in [0.25, 0.3) is 0 Å². The predicted molar refractivity (Wildman–Crippen MR) is 185 cm³/mol. The van der Waals surface area contributed by atoms with Crippen molar-refractivity contribution in [1.29, 1.82) is 0 Å². The Hall–Kier alpha value is -2.62. The highest BCUT2D eigenvalue weighted by Gasteiger charge is 2.25. The molecule has 2 aromatic rings. The molecule has 2 aromatic carbocycles. The van der Waals surface area contributed by atoms with Gasteiger partial charge in [-0.3, -0.25) is 9.59 Å². The van der Waals surface area contributed by atoms with E-state index < -0.39 is 17.9 Å². The summed E-state index contributed by atoms with van der Waals surface area (Å²) >= 11 is 0. The number of ether oxygens (including phenoxy) is 2. The lowest BCUT2D eigenvalue weighted by atomic mass is 9.77. The van der Waals surface area contributed by atoms with Crippen molar-refractivity contribution in [3.8, 4) is 11.5 Å². The number of hydrogen-bond acceptors (Lipinski definition) is 4. The first-order valence-electron chi connectivity index (χ1n) is 18.6. The maximum Gasteiger partial charge on any atom is 0.314 e. The molecule has 4 nitrogen and oxygen atoms in total. The molecule has 1 unspecified atom stereocenters. The number of benzene rings is 2. The summed E-state index contributed by atoms with van der Waals surface area (Å²) in [5, 5.41) is 0. The molecule has 0 aliphatic heterocycles. The van der Waals surface area contributed by atoms with Crippen molar-refractivity contribution in [2.75, 3.05) is 0 Å². The first kappa shape index (κ1) is 35.2. The molecule has 4 heteroatoms. The zero-order valence-corrected chi connectivity index (χ0v) is 28.6. The molecular weight excluding hydrogens is 556 g/mol. The minimum absolute atomic E-state index is 0.0113. The van der Waals surface area contributed by atoms with Crippen LogP contribution >= 0.6 is 0 Å². The van der Waals surface area contributed by atoms with E-state index in [2.05, 4.69) is 38.1 Å². The van der Waals surface area contributed by atoms with Gasteiger partial charge in [-0.2, -0.15) is 0 Å². The van der Waals surface area contributed by atoms with E-state index >= 15 is 0 Å². The number of hydrogen-bond donors (Lipinski definition) is 0. The molecule has 0 N–H and O–H groups in total. The summed E-state index contributed by atoms with van der Waals surface area (Å²) in [6, 6.07) is 16.0. The molecule has 1 atom stereocenters. The molecule has 2 fully saturated rings. The molecular formula is C41H60O4. The van der Waals surface area contributed by atoms with Crippen LogP contribution < -0.4 is 9.47 Å². The monoisotopic (exact) mass is 616 g/mol. The van der Waals surface area contributed by atoms with Crippen LogP contribution in [0.1, 0.15) is 166 Å². The van der Waals surface area contributed by atoms with Crippen molar-refractivity contribution in [2.45, 2.75) is 155 Å². The van der Waals surface area contributed by atoms with Gasteiger partial charge in [-0.25, -0.2) is 0 Å². The number of esters is 2. The second-order valence-corrected chi connectivity index (χ2v) is 14.3. The van der Waals surface area contributed by atoms with Crippen LogP contribution in [0, 0.1) is 17.8 Å². The Morgan fingerprint density at radius 1 is 0.600 bits per heavy atom. The Bertz CT molecular complexity index is 1120. The highest BCUT2D eigenvalue weighted by molar-refractivity contribution is 5.82. The Kier molecular flexibility index (Phi) is 15.0. The van der Waals surface area contributed by atoms with Gasteiger partial charge in [0.15, 0.2) is 0 Å². The molecule has 2 aliphatic rings. The lowest BCUT2D eigenvalue weighted by molar-refractivity contribution is -0.144. The second kappa shape index (κ2) is 19.1. The molecule has 0 bridgehead atoms. The summed E-state index contributed by atoms with van der Waals surface area (Å²) in [5.41, 5.74) is 2.68. The van der Waals surface area contributed by atoms with E-state index in [0.29, 0.717) is 23.3 Å². The highest BCUT2D eigenvalue weighted by atomic mass is 16.5. The number of carbonyl (C=O) groups excluding carboxylic acids is 2. The summed E-state index contributed by atoms with van der Waals surface area (Å²) in [7, 11) is 0. The van der Waals surface area contributed by atoms with E-state index in [1.807, 2.05) is 24.3 Å². The third kappa shape index (κ3) is 11.9. The number of carbonyl (C=O) groups is 2. The third-order valence-electron chi connectivity index (χ3n) is 10.7. The van der Waals surface area contributed by atoms with Crippen LogP contribution in [-0.2, 0) is 9.59 Å². The molecule has 0 aromatic heterocycles. The third-order valence-corrected chi connectivity index (χ3v) is 10.7. The van der Waals surface area contributed by atoms with Crippen LogP contribution in [0.4, 0.5) is 0 Å². The molecule has 0 radical (unpaired) electrons. The minimum Gasteiger partial charge on any atom is -0.427 e. The highest BCUT2D eigenvalue weighted by Crippen LogP contribution is 2.39. The molecule has 45 heavy (non-hydrogen) atoms. The van der Waals surface area contributed by atoms with Crippen molar-refractivity contribution in [1.82, 2.24) is 0 Å². The van der Waals surface area contributed by atoms with Gasteiger partial charge in [-0.15, -0.1) is 0 Å². The van der Waals surface area contributed by atoms with Gasteiger partial charge in [0.2, 0.25) is 0 Å². The SMILES string of the molecule is CCCCCCC1CCC(c2ccc(OC(=O)CC(C)C(=O)Oc3ccc(C4CCC(CCCCCC)CC4)cc3)cc2)CC1. The van der Waals surface area contributed by atoms with E-state index in [4.69, 9.17) is 9.47 Å². The van der Waals surface area contributed by atoms with Gasteiger partial charge in [0, 0.05) is 0 Å². The fourth-order valence-corrected chi connectivity index (χ4v) is 7.63. The fourth-order valence-electron chi connectivity index (χ4n) is 7.63. The Morgan fingerprint density at radius 2 is 1.02 bits per heavy atom. The predicted octanol–water partition coefficient (Wildman–Crippen LogP) is 11.7. The van der Waals surface area contributed by atoms with E-state index in [0.717, 1.165) is 11.8 Å². The number of unbranched alkanes of at least 4 members (excludes halogenated alkanes) is 6. The van der Waals surface area contributed by atoms with Crippen LogP contribution in [0.15, 0.2) is 48.5 Å². The Balaban J connectivity index is 1.14. The minimum atomic E-state index is -0.582. The van der Waals surface area contributed by atoms with Crippen LogP contribution in [-0.4, -0.2) is 11.9 Å². The average molecular weight is 617 g/mol. The van der Waals surface area contributed by atoms with Gasteiger partial charge >= 0.3 is 11.9 Å². The van der Waals surface area contributed by atoms with Gasteiger partial charge in [0.05, 0.1) is 12.3 Å². The van der Waals surface area contributed by atoms with Crippen molar-refractivity contribution in [3.05, 3.63) is 59.7 Å². The lowest BCUT2D eigenvalue weighted by Crippen LogP contribution is -2.23. The van der Waals surface area contributed by atoms with E-state index in [9.17, 15) is 9.59 Å². The molecule has 2 saturated carbocycles. The largest absolute Gasteiger partial charge is 0.427 e. The van der Waals surface area contributed by atoms with Gasteiger partial charge < -0.3 is 9.47 Å². The summed E-state index contributed by atoms with van der Waals surface area (Å²) < 4.78 is 11.2. The van der Waals surface area contributed by atoms with Crippen molar-refractivity contribution >= 4 is 11.9 Å². The van der Waals surface area contributed by atoms with Crippen LogP contribution in [0.5, 0.6) is 11.5 Å². The Morgan fingerprint density at radius 3 is 1.44 bits per heavy atom. The maximum atomic E-state index is 12.8. The van der Waals surface area contributed by atoms with Crippen molar-refractivity contribution in [3.63, 3.8) is 0 Å². The summed E-state index contributed by atoms with van der Waals surface area (Å²) in [6.45, 7) is 6.27. The average Bonchev–Trinajstić information content (AvgIpc) is 3.06. The fraction of sp³-hybridized carbons (Fsp3) is 0.659. The van der Waals surface area contributed by atoms with Gasteiger partial charge in [-0.05, 0) is 110 Å². The second-order valence-electron chi connectivity index (χ2n) is 14.3. The first-order valence-corrected chi connectivity index (χ1v) is 18.6. The van der Waals surface area contributed by atoms with Crippen molar-refractivity contribution < 1.29 is 19.1 Å². The normalized spacial score (nSPS) is 22.5. The quantitative estimate of drug-likeness (QED) is 0.101. The summed E-state index contributed by atoms with van der Waals surface area (Å²) in [4.78, 5) is 25.4. The van der Waals surface area contributed by atoms with E-state index in [-0.39, 0.29) is 6.42 Å². The molecule has 248 valence electrons. The van der Waals surface area contributed by atoms with E-state index in [1.54, 1.807) is 6.92 Å². The standard InChI is InChI=1S/C41H60O4/c1-4-6-8-10-12-32-14-18-34(19-15-32)36-22-26-38(27-23-36)44-40(42)30-31(3)41(43)45-39-28-24-37(25-29-39)35-20-16-33(17-21-35)13-11-9-7-5-2/h22-29,31-35H,4-21,30H2,1-3H3. The zero-order chi connectivity index (χ0) is 31.9. The molecule has 4 rings (SSSR count). The molecule has 0 spiro atoms. The summed E-state index contributed by atoms with van der Waals surface area (Å²) in [5.74, 6) is 2.67. The smallest absolute Gasteiger partial charge is 0.314 e. The summed E-state index contributed by atoms with van der Waals surface area (Å²) in [6.07, 6.45) is 23.9. The Labute approximate surface area is 274 Å². The molecule has 0 saturated heterocycles. The zero-order valence-electron chi connectivity index (χ0n) is 28.6. The molecule has 0 heterocycles. The topological polar surface area (TPSA) is 52.6 Å². The molecule has 0 amide bonds. The van der Waals surface area contributed by atoms with E-state index in [1.165, 1.54) is 127 Å². The molecule has 2 aliphatic carbocycles. The van der Waals surface area contributed by atoms with Crippen LogP contribution in [0.2, 0.25) is 0 Å².